The van der Waals surface area contributed by atoms with Crippen molar-refractivity contribution in [3.63, 3.8) is 0 Å². The van der Waals surface area contributed by atoms with Crippen LogP contribution in [0, 0.1) is 10.1 Å². The topological polar surface area (TPSA) is 120 Å². The third-order valence-corrected chi connectivity index (χ3v) is 3.90. The zero-order chi connectivity index (χ0) is 20.0. The number of rotatable bonds is 8. The largest absolute Gasteiger partial charge is 0.478 e. The fraction of sp³-hybridized carbons (Fsp3) is 0.278. The number of nitrogens with zero attached hydrogens (tertiary/aromatic N) is 4. The second-order valence-corrected chi connectivity index (χ2v) is 5.74. The summed E-state index contributed by atoms with van der Waals surface area (Å²) in [7, 11) is 3.20. The highest BCUT2D eigenvalue weighted by atomic mass is 16.6. The molecule has 0 saturated heterocycles. The lowest BCUT2D eigenvalue weighted by Gasteiger charge is -2.20. The van der Waals surface area contributed by atoms with Crippen LogP contribution in [0.5, 0.6) is 0 Å². The van der Waals surface area contributed by atoms with Crippen LogP contribution in [0.25, 0.3) is 10.8 Å². The van der Waals surface area contributed by atoms with Crippen LogP contribution in [0.1, 0.15) is 30.1 Å². The van der Waals surface area contributed by atoms with E-state index in [2.05, 4.69) is 15.7 Å². The van der Waals surface area contributed by atoms with Gasteiger partial charge in [0.05, 0.1) is 28.6 Å². The summed E-state index contributed by atoms with van der Waals surface area (Å²) in [6, 6.07) is 7.69. The highest BCUT2D eigenvalue weighted by Crippen LogP contribution is 2.36. The number of hydrogen-bond donors (Lipinski definition) is 2. The van der Waals surface area contributed by atoms with Gasteiger partial charge in [-0.1, -0.05) is 36.8 Å². The van der Waals surface area contributed by atoms with E-state index >= 15 is 0 Å². The lowest BCUT2D eigenvalue weighted by atomic mass is 10.0. The number of allylic oxidation sites excluding steroid dienone is 1. The Morgan fingerprint density at radius 2 is 2.04 bits per heavy atom. The molecule has 0 saturated carbocycles. The van der Waals surface area contributed by atoms with Gasteiger partial charge in [0.15, 0.2) is 0 Å². The highest BCUT2D eigenvalue weighted by Gasteiger charge is 2.23. The first-order valence-electron chi connectivity index (χ1n) is 8.34. The van der Waals surface area contributed by atoms with Crippen LogP contribution >= 0.6 is 0 Å². The van der Waals surface area contributed by atoms with Crippen LogP contribution in [-0.4, -0.2) is 35.1 Å². The Bertz CT molecular complexity index is 923. The first-order valence-corrected chi connectivity index (χ1v) is 8.34. The summed E-state index contributed by atoms with van der Waals surface area (Å²) >= 11 is 0. The number of fused-ring (bicyclic) bond motifs is 1. The van der Waals surface area contributed by atoms with Gasteiger partial charge in [-0.2, -0.15) is 5.11 Å². The molecule has 2 aromatic carbocycles. The minimum atomic E-state index is -1.26. The van der Waals surface area contributed by atoms with E-state index in [0.29, 0.717) is 16.6 Å². The second-order valence-electron chi connectivity index (χ2n) is 5.74. The smallest absolute Gasteiger partial charge is 0.338 e. The van der Waals surface area contributed by atoms with E-state index in [9.17, 15) is 20.0 Å². The average Bonchev–Trinajstić information content (AvgIpc) is 2.64. The summed E-state index contributed by atoms with van der Waals surface area (Å²) < 4.78 is 0. The van der Waals surface area contributed by atoms with E-state index in [1.54, 1.807) is 31.3 Å². The number of nitro benzene ring substituents is 1. The standard InChI is InChI=1S/C18H21N5O4/c1-4-5-10-16(22(3)21-19-2)20-17-13-9-7-6-8-12(13)15(23(26)27)11-14(17)18(24)25/h6-11,20H,4-5H2,1-3H3,(H,24,25)/b16-10+,21-19?. The van der Waals surface area contributed by atoms with Gasteiger partial charge in [0, 0.05) is 18.5 Å². The zero-order valence-electron chi connectivity index (χ0n) is 15.3. The molecule has 0 fully saturated rings. The molecule has 0 radical (unpaired) electrons. The van der Waals surface area contributed by atoms with Crippen LogP contribution < -0.4 is 5.32 Å². The summed E-state index contributed by atoms with van der Waals surface area (Å²) in [5.74, 6) is -0.732. The first kappa shape index (κ1) is 19.8. The maximum absolute atomic E-state index is 11.8. The third-order valence-electron chi connectivity index (χ3n) is 3.90. The summed E-state index contributed by atoms with van der Waals surface area (Å²) in [5.41, 5.74) is -0.178. The molecule has 0 amide bonds. The Morgan fingerprint density at radius 1 is 1.37 bits per heavy atom. The van der Waals surface area contributed by atoms with Gasteiger partial charge < -0.3 is 10.4 Å². The number of unbranched alkanes of at least 4 members (excludes halogenated alkanes) is 1. The fourth-order valence-electron chi connectivity index (χ4n) is 2.67. The monoisotopic (exact) mass is 371 g/mol. The normalized spacial score (nSPS) is 11.7. The first-order chi connectivity index (χ1) is 12.9. The molecular weight excluding hydrogens is 350 g/mol. The van der Waals surface area contributed by atoms with Crippen LogP contribution in [0.2, 0.25) is 0 Å². The number of aromatic carboxylic acids is 1. The van der Waals surface area contributed by atoms with Gasteiger partial charge in [-0.3, -0.25) is 10.1 Å². The molecule has 9 nitrogen and oxygen atoms in total. The molecule has 9 heteroatoms. The van der Waals surface area contributed by atoms with E-state index in [-0.39, 0.29) is 16.9 Å². The van der Waals surface area contributed by atoms with Gasteiger partial charge in [0.1, 0.15) is 5.82 Å². The SMILES string of the molecule is CCC/C=C(\Nc1c(C(=O)O)cc([N+](=O)[O-])c2ccccc12)N(C)N=NC. The molecule has 2 N–H and O–H groups in total. The van der Waals surface area contributed by atoms with Crippen molar-refractivity contribution in [3.05, 3.63) is 57.9 Å². The van der Waals surface area contributed by atoms with E-state index in [1.165, 1.54) is 12.1 Å². The summed E-state index contributed by atoms with van der Waals surface area (Å²) in [6.07, 6.45) is 3.49. The van der Waals surface area contributed by atoms with Crippen molar-refractivity contribution >= 4 is 28.1 Å². The molecule has 0 heterocycles. The average molecular weight is 371 g/mol. The van der Waals surface area contributed by atoms with Gasteiger partial charge in [0.25, 0.3) is 5.69 Å². The van der Waals surface area contributed by atoms with Crippen LogP contribution in [-0.2, 0) is 0 Å². The number of carboxylic acids is 1. The van der Waals surface area contributed by atoms with E-state index in [4.69, 9.17) is 0 Å². The molecule has 27 heavy (non-hydrogen) atoms. The Labute approximate surface area is 156 Å². The summed E-state index contributed by atoms with van der Waals surface area (Å²) in [5, 5.41) is 34.1. The molecule has 0 aliphatic heterocycles. The molecular formula is C18H21N5O4. The van der Waals surface area contributed by atoms with Gasteiger partial charge in [0.2, 0.25) is 0 Å². The van der Waals surface area contributed by atoms with Crippen LogP contribution in [0.4, 0.5) is 11.4 Å². The molecule has 0 unspecified atom stereocenters. The molecule has 0 atom stereocenters. The van der Waals surface area contributed by atoms with Crippen molar-refractivity contribution < 1.29 is 14.8 Å². The Balaban J connectivity index is 2.72. The van der Waals surface area contributed by atoms with Crippen LogP contribution in [0.3, 0.4) is 0 Å². The maximum Gasteiger partial charge on any atom is 0.338 e. The molecule has 0 bridgehead atoms. The van der Waals surface area contributed by atoms with Gasteiger partial charge in [-0.05, 0) is 18.6 Å². The van der Waals surface area contributed by atoms with E-state index in [0.717, 1.165) is 18.9 Å². The maximum atomic E-state index is 11.8. The van der Waals surface area contributed by atoms with Crippen molar-refractivity contribution in [1.82, 2.24) is 5.01 Å². The lowest BCUT2D eigenvalue weighted by molar-refractivity contribution is -0.383. The predicted octanol–water partition coefficient (Wildman–Crippen LogP) is 4.43. The van der Waals surface area contributed by atoms with Crippen LogP contribution in [0.15, 0.2) is 52.6 Å². The van der Waals surface area contributed by atoms with Crippen molar-refractivity contribution in [3.8, 4) is 0 Å². The van der Waals surface area contributed by atoms with Crippen molar-refractivity contribution in [2.24, 2.45) is 10.3 Å². The Hall–Kier alpha value is -3.49. The molecule has 0 aliphatic carbocycles. The van der Waals surface area contributed by atoms with Gasteiger partial charge in [-0.25, -0.2) is 9.80 Å². The third kappa shape index (κ3) is 4.38. The van der Waals surface area contributed by atoms with E-state index in [1.807, 2.05) is 13.0 Å². The minimum absolute atomic E-state index is 0.190. The number of non-ortho nitro benzene ring substituents is 1. The number of nitro groups is 1. The van der Waals surface area contributed by atoms with Crippen molar-refractivity contribution in [1.29, 1.82) is 0 Å². The van der Waals surface area contributed by atoms with E-state index < -0.39 is 10.9 Å². The molecule has 2 aromatic rings. The minimum Gasteiger partial charge on any atom is -0.478 e. The van der Waals surface area contributed by atoms with Crippen molar-refractivity contribution in [2.45, 2.75) is 19.8 Å². The fourth-order valence-corrected chi connectivity index (χ4v) is 2.67. The number of benzene rings is 2. The highest BCUT2D eigenvalue weighted by molar-refractivity contribution is 6.09. The lowest BCUT2D eigenvalue weighted by Crippen LogP contribution is -2.19. The Kier molecular flexibility index (Phi) is 6.42. The molecule has 0 aliphatic rings. The Morgan fingerprint density at radius 3 is 2.59 bits per heavy atom. The quantitative estimate of drug-likeness (QED) is 0.402. The second kappa shape index (κ2) is 8.75. The zero-order valence-corrected chi connectivity index (χ0v) is 15.3. The number of anilines is 1. The number of carbonyl (C=O) groups is 1. The molecule has 2 rings (SSSR count). The molecule has 0 aromatic heterocycles. The molecule has 0 spiro atoms. The van der Waals surface area contributed by atoms with Gasteiger partial charge in [-0.15, -0.1) is 0 Å². The number of nitrogens with one attached hydrogen (secondary N) is 1. The summed E-state index contributed by atoms with van der Waals surface area (Å²) in [6.45, 7) is 2.01. The number of hydrogen-bond acceptors (Lipinski definition) is 6. The predicted molar refractivity (Wildman–Crippen MR) is 103 cm³/mol. The molecule has 142 valence electrons. The van der Waals surface area contributed by atoms with Crippen molar-refractivity contribution in [2.75, 3.05) is 19.4 Å². The summed E-state index contributed by atoms with van der Waals surface area (Å²) in [4.78, 5) is 22.6. The van der Waals surface area contributed by atoms with Gasteiger partial charge >= 0.3 is 5.97 Å². The number of carboxylic acid groups (broad SMARTS) is 1.